The molecule has 28 heavy (non-hydrogen) atoms. The number of ether oxygens (including phenoxy) is 2. The molecule has 0 fully saturated rings. The lowest BCUT2D eigenvalue weighted by Crippen LogP contribution is -2.12. The highest BCUT2D eigenvalue weighted by molar-refractivity contribution is 5.52. The molecule has 0 heterocycles. The molecular formula is C26H28O2. The van der Waals surface area contributed by atoms with Gasteiger partial charge in [0.25, 0.3) is 0 Å². The lowest BCUT2D eigenvalue weighted by atomic mass is 9.76. The van der Waals surface area contributed by atoms with E-state index in [0.29, 0.717) is 17.8 Å². The van der Waals surface area contributed by atoms with Gasteiger partial charge in [0, 0.05) is 11.8 Å². The van der Waals surface area contributed by atoms with Crippen LogP contribution in [0.4, 0.5) is 0 Å². The number of methoxy groups -OCH3 is 2. The van der Waals surface area contributed by atoms with Gasteiger partial charge in [-0.05, 0) is 58.9 Å². The Labute approximate surface area is 168 Å². The van der Waals surface area contributed by atoms with Gasteiger partial charge in [0.2, 0.25) is 0 Å². The molecule has 0 aromatic heterocycles. The summed E-state index contributed by atoms with van der Waals surface area (Å²) in [7, 11) is 3.44. The molecule has 144 valence electrons. The maximum atomic E-state index is 5.39. The summed E-state index contributed by atoms with van der Waals surface area (Å²) in [4.78, 5) is 0. The first-order valence-electron chi connectivity index (χ1n) is 10.1. The Morgan fingerprint density at radius 1 is 0.679 bits per heavy atom. The summed E-state index contributed by atoms with van der Waals surface area (Å²) in [6.45, 7) is 2.29. The fourth-order valence-corrected chi connectivity index (χ4v) is 4.85. The molecule has 0 amide bonds. The van der Waals surface area contributed by atoms with Gasteiger partial charge in [-0.2, -0.15) is 0 Å². The van der Waals surface area contributed by atoms with Gasteiger partial charge in [-0.25, -0.2) is 0 Å². The number of hydrogen-bond acceptors (Lipinski definition) is 2. The molecule has 4 rings (SSSR count). The van der Waals surface area contributed by atoms with Gasteiger partial charge < -0.3 is 9.47 Å². The maximum absolute atomic E-state index is 5.39. The summed E-state index contributed by atoms with van der Waals surface area (Å²) in [5, 5.41) is 0. The van der Waals surface area contributed by atoms with Crippen LogP contribution in [-0.2, 0) is 0 Å². The molecule has 2 heteroatoms. The molecule has 3 atom stereocenters. The van der Waals surface area contributed by atoms with Gasteiger partial charge in [-0.15, -0.1) is 0 Å². The largest absolute Gasteiger partial charge is 0.497 e. The molecule has 0 saturated carbocycles. The third-order valence-corrected chi connectivity index (χ3v) is 6.10. The topological polar surface area (TPSA) is 18.5 Å². The zero-order chi connectivity index (χ0) is 19.5. The van der Waals surface area contributed by atoms with Crippen LogP contribution in [-0.4, -0.2) is 14.2 Å². The average Bonchev–Trinajstić information content (AvgIpc) is 3.08. The van der Waals surface area contributed by atoms with Crippen LogP contribution in [0.1, 0.15) is 59.8 Å². The molecule has 0 N–H and O–H groups in total. The van der Waals surface area contributed by atoms with Crippen molar-refractivity contribution in [3.63, 3.8) is 0 Å². The first-order chi connectivity index (χ1) is 13.8. The molecule has 0 aliphatic heterocycles. The summed E-state index contributed by atoms with van der Waals surface area (Å²) in [5.41, 5.74) is 5.71. The van der Waals surface area contributed by atoms with Crippen LogP contribution in [0.15, 0.2) is 72.8 Å². The van der Waals surface area contributed by atoms with Crippen molar-refractivity contribution in [2.45, 2.75) is 37.5 Å². The molecule has 0 saturated heterocycles. The van der Waals surface area contributed by atoms with Crippen molar-refractivity contribution in [2.75, 3.05) is 14.2 Å². The molecule has 0 spiro atoms. The SMILES string of the molecule is CCCC1c2ccccc2C(c2ccc(OC)cc2)C1c1ccc(OC)cc1. The van der Waals surface area contributed by atoms with Crippen molar-refractivity contribution in [3.05, 3.63) is 95.1 Å². The molecule has 1 aliphatic carbocycles. The van der Waals surface area contributed by atoms with E-state index in [4.69, 9.17) is 9.47 Å². The maximum Gasteiger partial charge on any atom is 0.118 e. The van der Waals surface area contributed by atoms with Crippen LogP contribution in [0, 0.1) is 0 Å². The van der Waals surface area contributed by atoms with Crippen LogP contribution in [0.2, 0.25) is 0 Å². The van der Waals surface area contributed by atoms with Crippen molar-refractivity contribution >= 4 is 0 Å². The summed E-state index contributed by atoms with van der Waals surface area (Å²) >= 11 is 0. The lowest BCUT2D eigenvalue weighted by Gasteiger charge is -2.27. The van der Waals surface area contributed by atoms with E-state index in [9.17, 15) is 0 Å². The quantitative estimate of drug-likeness (QED) is 0.490. The Kier molecular flexibility index (Phi) is 5.38. The molecule has 3 aromatic rings. The van der Waals surface area contributed by atoms with Crippen LogP contribution < -0.4 is 9.47 Å². The van der Waals surface area contributed by atoms with Gasteiger partial charge in [0.05, 0.1) is 14.2 Å². The van der Waals surface area contributed by atoms with E-state index in [1.165, 1.54) is 35.1 Å². The minimum absolute atomic E-state index is 0.354. The predicted octanol–water partition coefficient (Wildman–Crippen LogP) is 6.52. The van der Waals surface area contributed by atoms with Gasteiger partial charge in [-0.1, -0.05) is 61.9 Å². The summed E-state index contributed by atoms with van der Waals surface area (Å²) in [6, 6.07) is 26.3. The van der Waals surface area contributed by atoms with Crippen molar-refractivity contribution in [3.8, 4) is 11.5 Å². The van der Waals surface area contributed by atoms with Crippen LogP contribution in [0.25, 0.3) is 0 Å². The van der Waals surface area contributed by atoms with Crippen LogP contribution in [0.5, 0.6) is 11.5 Å². The number of benzene rings is 3. The summed E-state index contributed by atoms with van der Waals surface area (Å²) in [5.74, 6) is 3.12. The first kappa shape index (κ1) is 18.6. The second kappa shape index (κ2) is 8.10. The zero-order valence-corrected chi connectivity index (χ0v) is 16.9. The van der Waals surface area contributed by atoms with Gasteiger partial charge in [-0.3, -0.25) is 0 Å². The highest BCUT2D eigenvalue weighted by Crippen LogP contribution is 2.56. The van der Waals surface area contributed by atoms with Gasteiger partial charge in [0.15, 0.2) is 0 Å². The standard InChI is InChI=1S/C26H28O2/c1-4-7-23-22-8-5-6-9-24(22)26(19-12-16-21(28-3)17-13-19)25(23)18-10-14-20(27-2)15-11-18/h5-6,8-17,23,25-26H,4,7H2,1-3H3. The molecule has 0 radical (unpaired) electrons. The summed E-state index contributed by atoms with van der Waals surface area (Å²) < 4.78 is 10.8. The second-order valence-electron chi connectivity index (χ2n) is 7.57. The minimum atomic E-state index is 0.354. The Morgan fingerprint density at radius 3 is 1.75 bits per heavy atom. The van der Waals surface area contributed by atoms with Crippen molar-refractivity contribution in [1.29, 1.82) is 0 Å². The molecule has 0 bridgehead atoms. The van der Waals surface area contributed by atoms with E-state index in [1.54, 1.807) is 14.2 Å². The third-order valence-electron chi connectivity index (χ3n) is 6.10. The average molecular weight is 373 g/mol. The Balaban J connectivity index is 1.84. The van der Waals surface area contributed by atoms with E-state index in [2.05, 4.69) is 79.7 Å². The lowest BCUT2D eigenvalue weighted by molar-refractivity contribution is 0.413. The monoisotopic (exact) mass is 372 g/mol. The van der Waals surface area contributed by atoms with Crippen LogP contribution in [0.3, 0.4) is 0 Å². The highest BCUT2D eigenvalue weighted by Gasteiger charge is 2.41. The van der Waals surface area contributed by atoms with E-state index >= 15 is 0 Å². The Bertz CT molecular complexity index is 912. The van der Waals surface area contributed by atoms with Gasteiger partial charge >= 0.3 is 0 Å². The smallest absolute Gasteiger partial charge is 0.118 e. The van der Waals surface area contributed by atoms with Crippen LogP contribution >= 0.6 is 0 Å². The zero-order valence-electron chi connectivity index (χ0n) is 16.9. The number of rotatable bonds is 6. The fraction of sp³-hybridized carbons (Fsp3) is 0.308. The van der Waals surface area contributed by atoms with Crippen molar-refractivity contribution < 1.29 is 9.47 Å². The van der Waals surface area contributed by atoms with E-state index in [0.717, 1.165) is 11.5 Å². The van der Waals surface area contributed by atoms with Crippen molar-refractivity contribution in [2.24, 2.45) is 0 Å². The van der Waals surface area contributed by atoms with Gasteiger partial charge in [0.1, 0.15) is 11.5 Å². The van der Waals surface area contributed by atoms with E-state index in [-0.39, 0.29) is 0 Å². The number of fused-ring (bicyclic) bond motifs is 1. The Morgan fingerprint density at radius 2 is 1.21 bits per heavy atom. The number of hydrogen-bond donors (Lipinski definition) is 0. The fourth-order valence-electron chi connectivity index (χ4n) is 4.85. The molecule has 3 unspecified atom stereocenters. The normalized spacial score (nSPS) is 20.6. The predicted molar refractivity (Wildman–Crippen MR) is 115 cm³/mol. The summed E-state index contributed by atoms with van der Waals surface area (Å²) in [6.07, 6.45) is 2.38. The molecular weight excluding hydrogens is 344 g/mol. The highest BCUT2D eigenvalue weighted by atomic mass is 16.5. The Hall–Kier alpha value is -2.74. The second-order valence-corrected chi connectivity index (χ2v) is 7.57. The first-order valence-corrected chi connectivity index (χ1v) is 10.1. The van der Waals surface area contributed by atoms with E-state index in [1.807, 2.05) is 0 Å². The molecule has 2 nitrogen and oxygen atoms in total. The minimum Gasteiger partial charge on any atom is -0.497 e. The van der Waals surface area contributed by atoms with E-state index < -0.39 is 0 Å². The molecule has 3 aromatic carbocycles. The third kappa shape index (κ3) is 3.28. The molecule has 1 aliphatic rings. The van der Waals surface area contributed by atoms with Crippen molar-refractivity contribution in [1.82, 2.24) is 0 Å².